The van der Waals surface area contributed by atoms with Gasteiger partial charge in [-0.2, -0.15) is 0 Å². The van der Waals surface area contributed by atoms with Gasteiger partial charge in [0.25, 0.3) is 0 Å². The highest BCUT2D eigenvalue weighted by molar-refractivity contribution is 5.80. The van der Waals surface area contributed by atoms with Crippen LogP contribution in [0, 0.1) is 11.8 Å². The third-order valence-electron chi connectivity index (χ3n) is 4.05. The minimum absolute atomic E-state index is 0.142. The van der Waals surface area contributed by atoms with Crippen LogP contribution in [0.25, 0.3) is 0 Å². The molecular formula is C11H16O3. The van der Waals surface area contributed by atoms with Crippen molar-refractivity contribution < 1.29 is 14.3 Å². The summed E-state index contributed by atoms with van der Waals surface area (Å²) in [6.45, 7) is 0. The van der Waals surface area contributed by atoms with Gasteiger partial charge in [0.2, 0.25) is 0 Å². The van der Waals surface area contributed by atoms with Gasteiger partial charge < -0.3 is 9.47 Å². The minimum atomic E-state index is -0.552. The zero-order valence-corrected chi connectivity index (χ0v) is 8.49. The molecule has 2 atom stereocenters. The molecule has 78 valence electrons. The molecule has 2 aliphatic carbocycles. The maximum atomic E-state index is 11.7. The first-order valence-corrected chi connectivity index (χ1v) is 5.48. The largest absolute Gasteiger partial charge is 0.467 e. The van der Waals surface area contributed by atoms with E-state index in [0.717, 1.165) is 25.7 Å². The summed E-state index contributed by atoms with van der Waals surface area (Å²) in [5, 5.41) is 0. The molecule has 0 spiro atoms. The monoisotopic (exact) mass is 196 g/mol. The van der Waals surface area contributed by atoms with Crippen LogP contribution >= 0.6 is 0 Å². The van der Waals surface area contributed by atoms with Gasteiger partial charge >= 0.3 is 5.97 Å². The predicted molar refractivity (Wildman–Crippen MR) is 49.7 cm³/mol. The maximum Gasteiger partial charge on any atom is 0.338 e. The first kappa shape index (κ1) is 8.72. The first-order valence-electron chi connectivity index (χ1n) is 5.48. The van der Waals surface area contributed by atoms with Gasteiger partial charge in [0.05, 0.1) is 13.2 Å². The first-order chi connectivity index (χ1) is 6.72. The van der Waals surface area contributed by atoms with Crippen LogP contribution < -0.4 is 0 Å². The van der Waals surface area contributed by atoms with Gasteiger partial charge in [0.15, 0.2) is 5.60 Å². The van der Waals surface area contributed by atoms with Crippen LogP contribution in [0.5, 0.6) is 0 Å². The Morgan fingerprint density at radius 2 is 1.93 bits per heavy atom. The number of rotatable bonds is 1. The van der Waals surface area contributed by atoms with Crippen molar-refractivity contribution >= 4 is 5.97 Å². The van der Waals surface area contributed by atoms with Crippen LogP contribution in [0.3, 0.4) is 0 Å². The third-order valence-corrected chi connectivity index (χ3v) is 4.05. The van der Waals surface area contributed by atoms with Crippen LogP contribution in [0.4, 0.5) is 0 Å². The standard InChI is InChI=1S/C11H16O3/c1-13-10(12)11-5-7-2-8(6-11)4-9(3-7)14-11/h7-9H,2-6H2,1H3. The molecule has 3 heteroatoms. The van der Waals surface area contributed by atoms with Gasteiger partial charge in [-0.05, 0) is 43.9 Å². The lowest BCUT2D eigenvalue weighted by molar-refractivity contribution is -0.232. The molecule has 2 saturated heterocycles. The van der Waals surface area contributed by atoms with Gasteiger partial charge in [0, 0.05) is 0 Å². The lowest BCUT2D eigenvalue weighted by Crippen LogP contribution is -2.59. The molecule has 3 nitrogen and oxygen atoms in total. The Bertz CT molecular complexity index is 236. The number of methoxy groups -OCH3 is 1. The summed E-state index contributed by atoms with van der Waals surface area (Å²) < 4.78 is 10.8. The van der Waals surface area contributed by atoms with E-state index in [2.05, 4.69) is 0 Å². The van der Waals surface area contributed by atoms with E-state index in [1.807, 2.05) is 0 Å². The highest BCUT2D eigenvalue weighted by Gasteiger charge is 2.56. The van der Waals surface area contributed by atoms with Crippen molar-refractivity contribution in [1.29, 1.82) is 0 Å². The van der Waals surface area contributed by atoms with Crippen LogP contribution in [0.1, 0.15) is 32.1 Å². The average molecular weight is 196 g/mol. The van der Waals surface area contributed by atoms with E-state index in [-0.39, 0.29) is 5.97 Å². The van der Waals surface area contributed by atoms with Gasteiger partial charge in [-0.15, -0.1) is 0 Å². The van der Waals surface area contributed by atoms with Crippen LogP contribution in [0.15, 0.2) is 0 Å². The average Bonchev–Trinajstić information content (AvgIpc) is 2.14. The second kappa shape index (κ2) is 2.72. The van der Waals surface area contributed by atoms with Crippen molar-refractivity contribution in [2.75, 3.05) is 7.11 Å². The molecular weight excluding hydrogens is 180 g/mol. The Balaban J connectivity index is 1.91. The van der Waals surface area contributed by atoms with Gasteiger partial charge in [-0.25, -0.2) is 4.79 Å². The molecule has 4 bridgehead atoms. The highest BCUT2D eigenvalue weighted by atomic mass is 16.6. The van der Waals surface area contributed by atoms with Crippen molar-refractivity contribution in [3.8, 4) is 0 Å². The lowest BCUT2D eigenvalue weighted by Gasteiger charge is -2.54. The summed E-state index contributed by atoms with van der Waals surface area (Å²) >= 11 is 0. The smallest absolute Gasteiger partial charge is 0.338 e. The fourth-order valence-electron chi connectivity index (χ4n) is 3.77. The van der Waals surface area contributed by atoms with E-state index in [9.17, 15) is 4.79 Å². The van der Waals surface area contributed by atoms with Crippen molar-refractivity contribution in [2.24, 2.45) is 11.8 Å². The SMILES string of the molecule is COC(=O)C12CC3CC(CC(C3)O1)C2. The van der Waals surface area contributed by atoms with Crippen molar-refractivity contribution in [3.05, 3.63) is 0 Å². The van der Waals surface area contributed by atoms with Crippen molar-refractivity contribution in [2.45, 2.75) is 43.8 Å². The fraction of sp³-hybridized carbons (Fsp3) is 0.909. The molecule has 2 aliphatic heterocycles. The van der Waals surface area contributed by atoms with E-state index in [4.69, 9.17) is 9.47 Å². The molecule has 2 saturated carbocycles. The number of carbonyl (C=O) groups excluding carboxylic acids is 1. The molecule has 4 aliphatic rings. The maximum absolute atomic E-state index is 11.7. The second-order valence-corrected chi connectivity index (χ2v) is 5.07. The van der Waals surface area contributed by atoms with E-state index < -0.39 is 5.60 Å². The molecule has 14 heavy (non-hydrogen) atoms. The Morgan fingerprint density at radius 1 is 1.29 bits per heavy atom. The summed E-state index contributed by atoms with van der Waals surface area (Å²) in [5.41, 5.74) is -0.552. The van der Waals surface area contributed by atoms with Crippen molar-refractivity contribution in [1.82, 2.24) is 0 Å². The van der Waals surface area contributed by atoms with Gasteiger partial charge in [0.1, 0.15) is 0 Å². The predicted octanol–water partition coefficient (Wildman–Crippen LogP) is 1.51. The quantitative estimate of drug-likeness (QED) is 0.596. The molecule has 4 fully saturated rings. The zero-order chi connectivity index (χ0) is 9.76. The Morgan fingerprint density at radius 3 is 2.43 bits per heavy atom. The number of carbonyl (C=O) groups is 1. The summed E-state index contributed by atoms with van der Waals surface area (Å²) in [7, 11) is 1.46. The molecule has 2 heterocycles. The molecule has 0 radical (unpaired) electrons. The third kappa shape index (κ3) is 1.05. The molecule has 0 aromatic rings. The minimum Gasteiger partial charge on any atom is -0.467 e. The van der Waals surface area contributed by atoms with E-state index >= 15 is 0 Å². The number of ether oxygens (including phenoxy) is 2. The number of esters is 1. The zero-order valence-electron chi connectivity index (χ0n) is 8.49. The normalized spacial score (nSPS) is 49.4. The molecule has 4 rings (SSSR count). The van der Waals surface area contributed by atoms with Gasteiger partial charge in [-0.3, -0.25) is 0 Å². The highest BCUT2D eigenvalue weighted by Crippen LogP contribution is 2.53. The Labute approximate surface area is 83.8 Å². The van der Waals surface area contributed by atoms with Gasteiger partial charge in [-0.1, -0.05) is 0 Å². The summed E-state index contributed by atoms with van der Waals surface area (Å²) in [5.74, 6) is 1.28. The molecule has 0 aromatic carbocycles. The second-order valence-electron chi connectivity index (χ2n) is 5.07. The molecule has 2 unspecified atom stereocenters. The summed E-state index contributed by atoms with van der Waals surface area (Å²) in [6, 6.07) is 0. The summed E-state index contributed by atoms with van der Waals surface area (Å²) in [6.07, 6.45) is 5.75. The van der Waals surface area contributed by atoms with E-state index in [1.54, 1.807) is 0 Å². The number of hydrogen-bond acceptors (Lipinski definition) is 3. The Kier molecular flexibility index (Phi) is 1.69. The molecule has 0 N–H and O–H groups in total. The summed E-state index contributed by atoms with van der Waals surface area (Å²) in [4.78, 5) is 11.7. The van der Waals surface area contributed by atoms with Crippen molar-refractivity contribution in [3.63, 3.8) is 0 Å². The lowest BCUT2D eigenvalue weighted by atomic mass is 9.62. The fourth-order valence-corrected chi connectivity index (χ4v) is 3.77. The van der Waals surface area contributed by atoms with E-state index in [0.29, 0.717) is 17.9 Å². The Hall–Kier alpha value is -0.570. The number of hydrogen-bond donors (Lipinski definition) is 0. The van der Waals surface area contributed by atoms with Crippen LogP contribution in [0.2, 0.25) is 0 Å². The molecule has 0 aromatic heterocycles. The van der Waals surface area contributed by atoms with Crippen LogP contribution in [-0.2, 0) is 14.3 Å². The topological polar surface area (TPSA) is 35.5 Å². The molecule has 0 amide bonds. The van der Waals surface area contributed by atoms with Crippen LogP contribution in [-0.4, -0.2) is 24.8 Å². The van der Waals surface area contributed by atoms with E-state index in [1.165, 1.54) is 13.5 Å².